The summed E-state index contributed by atoms with van der Waals surface area (Å²) in [6, 6.07) is 36.5. The molecule has 0 aliphatic carbocycles. The molecule has 4 aromatic carbocycles. The predicted molar refractivity (Wildman–Crippen MR) is 132 cm³/mol. The Balaban J connectivity index is 1.77. The minimum absolute atomic E-state index is 0.820. The fourth-order valence-electron chi connectivity index (χ4n) is 3.37. The van der Waals surface area contributed by atoms with Crippen LogP contribution in [0.3, 0.4) is 0 Å². The normalized spacial score (nSPS) is 11.0. The van der Waals surface area contributed by atoms with Crippen molar-refractivity contribution in [3.05, 3.63) is 120 Å². The monoisotopic (exact) mass is 422 g/mol. The van der Waals surface area contributed by atoms with Crippen molar-refractivity contribution in [2.24, 2.45) is 0 Å². The topological polar surface area (TPSA) is 33.7 Å². The third-order valence-electron chi connectivity index (χ3n) is 5.09. The number of hydrazine groups is 1. The Labute approximate surface area is 189 Å². The summed E-state index contributed by atoms with van der Waals surface area (Å²) in [5.74, 6) is 1.65. The van der Waals surface area contributed by atoms with E-state index in [1.165, 1.54) is 0 Å². The van der Waals surface area contributed by atoms with Crippen LogP contribution in [0.15, 0.2) is 109 Å². The van der Waals surface area contributed by atoms with Crippen molar-refractivity contribution in [2.75, 3.05) is 19.2 Å². The van der Waals surface area contributed by atoms with Crippen molar-refractivity contribution >= 4 is 23.1 Å². The van der Waals surface area contributed by atoms with Crippen molar-refractivity contribution < 1.29 is 9.47 Å². The maximum Gasteiger partial charge on any atom is 0.118 e. The zero-order valence-electron chi connectivity index (χ0n) is 18.2. The van der Waals surface area contributed by atoms with Gasteiger partial charge in [0.25, 0.3) is 0 Å². The SMILES string of the molecule is COc1ccc(C=C(NN(c2ccccc2)c2ccccc2)c2ccc(OC)cc2)cc1. The summed E-state index contributed by atoms with van der Waals surface area (Å²) in [6.45, 7) is 0. The zero-order valence-corrected chi connectivity index (χ0v) is 18.2. The van der Waals surface area contributed by atoms with Crippen LogP contribution in [0.5, 0.6) is 11.5 Å². The van der Waals surface area contributed by atoms with Crippen LogP contribution in [0.4, 0.5) is 11.4 Å². The van der Waals surface area contributed by atoms with Crippen LogP contribution in [0, 0.1) is 0 Å². The molecule has 4 aromatic rings. The molecular formula is C28H26N2O2. The molecule has 0 bridgehead atoms. The first-order valence-corrected chi connectivity index (χ1v) is 10.4. The van der Waals surface area contributed by atoms with Gasteiger partial charge in [-0.3, -0.25) is 10.4 Å². The third kappa shape index (κ3) is 5.10. The molecule has 4 nitrogen and oxygen atoms in total. The molecule has 32 heavy (non-hydrogen) atoms. The Morgan fingerprint density at radius 2 is 1.09 bits per heavy atom. The van der Waals surface area contributed by atoms with Crippen LogP contribution in [-0.4, -0.2) is 14.2 Å². The van der Waals surface area contributed by atoms with Crippen LogP contribution in [0.1, 0.15) is 11.1 Å². The number of ether oxygens (including phenoxy) is 2. The Kier molecular flexibility index (Phi) is 6.73. The molecule has 0 aliphatic rings. The summed E-state index contributed by atoms with van der Waals surface area (Å²) in [4.78, 5) is 0. The molecule has 0 atom stereocenters. The molecule has 0 spiro atoms. The summed E-state index contributed by atoms with van der Waals surface area (Å²) in [7, 11) is 3.35. The lowest BCUT2D eigenvalue weighted by Crippen LogP contribution is -2.32. The van der Waals surface area contributed by atoms with Crippen LogP contribution in [0.25, 0.3) is 11.8 Å². The molecular weight excluding hydrogens is 396 g/mol. The first-order valence-electron chi connectivity index (χ1n) is 10.4. The fourth-order valence-corrected chi connectivity index (χ4v) is 3.37. The van der Waals surface area contributed by atoms with Gasteiger partial charge in [-0.05, 0) is 77.9 Å². The Morgan fingerprint density at radius 3 is 1.56 bits per heavy atom. The summed E-state index contributed by atoms with van der Waals surface area (Å²) in [6.07, 6.45) is 2.13. The number of rotatable bonds is 8. The van der Waals surface area contributed by atoms with E-state index in [-0.39, 0.29) is 0 Å². The van der Waals surface area contributed by atoms with Crippen LogP contribution >= 0.6 is 0 Å². The van der Waals surface area contributed by atoms with Gasteiger partial charge < -0.3 is 9.47 Å². The van der Waals surface area contributed by atoms with E-state index >= 15 is 0 Å². The van der Waals surface area contributed by atoms with Gasteiger partial charge in [0.2, 0.25) is 0 Å². The zero-order chi connectivity index (χ0) is 22.2. The van der Waals surface area contributed by atoms with Crippen LogP contribution < -0.4 is 19.9 Å². The maximum atomic E-state index is 5.35. The second-order valence-electron chi connectivity index (χ2n) is 7.18. The third-order valence-corrected chi connectivity index (χ3v) is 5.09. The Morgan fingerprint density at radius 1 is 0.625 bits per heavy atom. The number of nitrogens with one attached hydrogen (secondary N) is 1. The van der Waals surface area contributed by atoms with Gasteiger partial charge in [-0.15, -0.1) is 0 Å². The van der Waals surface area contributed by atoms with Crippen molar-refractivity contribution in [1.82, 2.24) is 5.43 Å². The van der Waals surface area contributed by atoms with E-state index < -0.39 is 0 Å². The minimum atomic E-state index is 0.820. The summed E-state index contributed by atoms with van der Waals surface area (Å²) < 4.78 is 10.7. The number of hydrogen-bond acceptors (Lipinski definition) is 4. The van der Waals surface area contributed by atoms with Crippen LogP contribution in [-0.2, 0) is 0 Å². The van der Waals surface area contributed by atoms with E-state index in [0.29, 0.717) is 0 Å². The summed E-state index contributed by atoms with van der Waals surface area (Å²) in [5.41, 5.74) is 8.76. The first kappa shape index (κ1) is 21.1. The van der Waals surface area contributed by atoms with Gasteiger partial charge in [-0.2, -0.15) is 0 Å². The van der Waals surface area contributed by atoms with Gasteiger partial charge in [0.05, 0.1) is 31.3 Å². The molecule has 0 aromatic heterocycles. The van der Waals surface area contributed by atoms with Crippen molar-refractivity contribution in [1.29, 1.82) is 0 Å². The molecule has 0 unspecified atom stereocenters. The molecule has 0 fully saturated rings. The van der Waals surface area contributed by atoms with Gasteiger partial charge in [0.15, 0.2) is 0 Å². The standard InChI is InChI=1S/C28H26N2O2/c1-31-26-17-13-22(14-18-26)21-28(23-15-19-27(32-2)20-16-23)29-30(24-9-5-3-6-10-24)25-11-7-4-8-12-25/h3-21,29H,1-2H3. The fraction of sp³-hybridized carbons (Fsp3) is 0.0714. The second-order valence-corrected chi connectivity index (χ2v) is 7.18. The average molecular weight is 423 g/mol. The highest BCUT2D eigenvalue weighted by molar-refractivity contribution is 5.82. The van der Waals surface area contributed by atoms with E-state index in [0.717, 1.165) is 39.7 Å². The van der Waals surface area contributed by atoms with E-state index in [4.69, 9.17) is 9.47 Å². The number of methoxy groups -OCH3 is 2. The van der Waals surface area contributed by atoms with E-state index in [9.17, 15) is 0 Å². The number of nitrogens with zero attached hydrogens (tertiary/aromatic N) is 1. The minimum Gasteiger partial charge on any atom is -0.497 e. The van der Waals surface area contributed by atoms with Gasteiger partial charge in [-0.1, -0.05) is 48.5 Å². The molecule has 0 saturated carbocycles. The molecule has 4 rings (SSSR count). The van der Waals surface area contributed by atoms with Gasteiger partial charge >= 0.3 is 0 Å². The molecule has 0 radical (unpaired) electrons. The molecule has 0 heterocycles. The summed E-state index contributed by atoms with van der Waals surface area (Å²) >= 11 is 0. The highest BCUT2D eigenvalue weighted by Gasteiger charge is 2.12. The van der Waals surface area contributed by atoms with Gasteiger partial charge in [0.1, 0.15) is 11.5 Å². The Bertz CT molecular complexity index is 1100. The number of para-hydroxylation sites is 2. The number of anilines is 2. The quantitative estimate of drug-likeness (QED) is 0.258. The van der Waals surface area contributed by atoms with Crippen molar-refractivity contribution in [3.8, 4) is 11.5 Å². The Hall–Kier alpha value is -4.18. The molecule has 0 amide bonds. The summed E-state index contributed by atoms with van der Waals surface area (Å²) in [5, 5.41) is 2.08. The lowest BCUT2D eigenvalue weighted by molar-refractivity contribution is 0.414. The van der Waals surface area contributed by atoms with Crippen molar-refractivity contribution in [3.63, 3.8) is 0 Å². The number of benzene rings is 4. The highest BCUT2D eigenvalue weighted by Crippen LogP contribution is 2.27. The lowest BCUT2D eigenvalue weighted by atomic mass is 10.1. The average Bonchev–Trinajstić information content (AvgIpc) is 2.88. The molecule has 0 saturated heterocycles. The van der Waals surface area contributed by atoms with Crippen molar-refractivity contribution in [2.45, 2.75) is 0 Å². The highest BCUT2D eigenvalue weighted by atomic mass is 16.5. The number of hydrogen-bond donors (Lipinski definition) is 1. The van der Waals surface area contributed by atoms with Gasteiger partial charge in [0, 0.05) is 0 Å². The molecule has 1 N–H and O–H groups in total. The maximum absolute atomic E-state index is 5.35. The van der Waals surface area contributed by atoms with Crippen LogP contribution in [0.2, 0.25) is 0 Å². The largest absolute Gasteiger partial charge is 0.497 e. The first-order chi connectivity index (χ1) is 15.8. The van der Waals surface area contributed by atoms with E-state index in [2.05, 4.69) is 52.9 Å². The molecule has 160 valence electrons. The molecule has 4 heteroatoms. The van der Waals surface area contributed by atoms with E-state index in [1.807, 2.05) is 72.8 Å². The molecule has 0 aliphatic heterocycles. The smallest absolute Gasteiger partial charge is 0.118 e. The van der Waals surface area contributed by atoms with E-state index in [1.54, 1.807) is 14.2 Å². The second kappa shape index (κ2) is 10.2. The van der Waals surface area contributed by atoms with Gasteiger partial charge in [-0.25, -0.2) is 0 Å². The lowest BCUT2D eigenvalue weighted by Gasteiger charge is -2.28. The predicted octanol–water partition coefficient (Wildman–Crippen LogP) is 6.54.